The number of carbonyl (C=O) groups is 1. The van der Waals surface area contributed by atoms with Gasteiger partial charge in [0.1, 0.15) is 0 Å². The maximum absolute atomic E-state index is 12.2. The van der Waals surface area contributed by atoms with Crippen molar-refractivity contribution in [1.82, 2.24) is 0 Å². The molecule has 1 N–H and O–H groups in total. The molecule has 2 rings (SSSR count). The zero-order valence-corrected chi connectivity index (χ0v) is 12.9. The van der Waals surface area contributed by atoms with Crippen molar-refractivity contribution in [3.05, 3.63) is 69.3 Å². The number of aryl methyl sites for hydroxylation is 1. The number of halogens is 1. The van der Waals surface area contributed by atoms with E-state index >= 15 is 0 Å². The van der Waals surface area contributed by atoms with Crippen LogP contribution < -0.4 is 5.32 Å². The average molecular weight is 349 g/mol. The first-order chi connectivity index (χ1) is 10.0. The Balaban J connectivity index is 2.22. The molecular weight excluding hydrogens is 336 g/mol. The topological polar surface area (TPSA) is 72.2 Å². The summed E-state index contributed by atoms with van der Waals surface area (Å²) in [5, 5.41) is 14.2. The second-order valence-corrected chi connectivity index (χ2v) is 5.11. The van der Waals surface area contributed by atoms with Gasteiger partial charge in [0.2, 0.25) is 0 Å². The Morgan fingerprint density at radius 2 is 2.05 bits per heavy atom. The minimum atomic E-state index is -0.478. The Kier molecular flexibility index (Phi) is 4.70. The van der Waals surface area contributed by atoms with Crippen LogP contribution in [0.1, 0.15) is 21.5 Å². The molecule has 0 bridgehead atoms. The lowest BCUT2D eigenvalue weighted by atomic mass is 10.1. The van der Waals surface area contributed by atoms with Crippen LogP contribution in [0.15, 0.2) is 42.5 Å². The van der Waals surface area contributed by atoms with Crippen molar-refractivity contribution in [2.45, 2.75) is 12.3 Å². The van der Waals surface area contributed by atoms with Crippen molar-refractivity contribution in [3.8, 4) is 0 Å². The van der Waals surface area contributed by atoms with E-state index in [9.17, 15) is 14.9 Å². The summed E-state index contributed by atoms with van der Waals surface area (Å²) in [6, 6.07) is 11.7. The summed E-state index contributed by atoms with van der Waals surface area (Å²) in [5.74, 6) is -0.283. The van der Waals surface area contributed by atoms with Crippen molar-refractivity contribution < 1.29 is 9.72 Å². The fraction of sp³-hybridized carbons (Fsp3) is 0.133. The van der Waals surface area contributed by atoms with Gasteiger partial charge in [-0.05, 0) is 36.2 Å². The molecule has 0 saturated heterocycles. The first-order valence-corrected chi connectivity index (χ1v) is 7.34. The van der Waals surface area contributed by atoms with Crippen LogP contribution >= 0.6 is 15.9 Å². The molecule has 2 aromatic carbocycles. The highest BCUT2D eigenvalue weighted by Gasteiger charge is 2.13. The van der Waals surface area contributed by atoms with Crippen molar-refractivity contribution in [2.24, 2.45) is 0 Å². The summed E-state index contributed by atoms with van der Waals surface area (Å²) in [4.78, 5) is 22.4. The Morgan fingerprint density at radius 1 is 1.29 bits per heavy atom. The van der Waals surface area contributed by atoms with E-state index in [-0.39, 0.29) is 11.6 Å². The number of nitrogens with one attached hydrogen (secondary N) is 1. The first kappa shape index (κ1) is 15.2. The molecule has 0 atom stereocenters. The lowest BCUT2D eigenvalue weighted by Crippen LogP contribution is -2.13. The minimum Gasteiger partial charge on any atom is -0.322 e. The van der Waals surface area contributed by atoms with Crippen molar-refractivity contribution in [3.63, 3.8) is 0 Å². The van der Waals surface area contributed by atoms with E-state index in [2.05, 4.69) is 21.2 Å². The molecule has 0 spiro atoms. The minimum absolute atomic E-state index is 0.0228. The summed E-state index contributed by atoms with van der Waals surface area (Å²) >= 11 is 3.36. The third kappa shape index (κ3) is 3.66. The second kappa shape index (κ2) is 6.49. The SMILES string of the molecule is Cc1cc([N+](=O)[O-])ccc1C(=O)Nc1cccc(CBr)c1. The van der Waals surface area contributed by atoms with E-state index < -0.39 is 4.92 Å². The summed E-state index contributed by atoms with van der Waals surface area (Å²) in [6.45, 7) is 1.68. The molecular formula is C15H13BrN2O3. The molecule has 108 valence electrons. The Bertz CT molecular complexity index is 701. The molecule has 5 nitrogen and oxygen atoms in total. The van der Waals surface area contributed by atoms with Gasteiger partial charge in [-0.2, -0.15) is 0 Å². The molecule has 0 aliphatic heterocycles. The number of nitro groups is 1. The van der Waals surface area contributed by atoms with Crippen LogP contribution in [0.3, 0.4) is 0 Å². The molecule has 0 fully saturated rings. The maximum Gasteiger partial charge on any atom is 0.269 e. The van der Waals surface area contributed by atoms with Gasteiger partial charge in [0.15, 0.2) is 0 Å². The van der Waals surface area contributed by atoms with E-state index in [4.69, 9.17) is 0 Å². The Morgan fingerprint density at radius 3 is 2.67 bits per heavy atom. The number of hydrogen-bond acceptors (Lipinski definition) is 3. The number of nitro benzene ring substituents is 1. The number of alkyl halides is 1. The molecule has 0 aromatic heterocycles. The molecule has 1 amide bonds. The second-order valence-electron chi connectivity index (χ2n) is 4.54. The number of amides is 1. The van der Waals surface area contributed by atoms with E-state index in [0.717, 1.165) is 5.56 Å². The van der Waals surface area contributed by atoms with Gasteiger partial charge in [-0.15, -0.1) is 0 Å². The van der Waals surface area contributed by atoms with Gasteiger partial charge in [-0.3, -0.25) is 14.9 Å². The molecule has 0 aliphatic carbocycles. The highest BCUT2D eigenvalue weighted by Crippen LogP contribution is 2.19. The van der Waals surface area contributed by atoms with Crippen molar-refractivity contribution in [1.29, 1.82) is 0 Å². The third-order valence-electron chi connectivity index (χ3n) is 3.00. The predicted octanol–water partition coefficient (Wildman–Crippen LogP) is 4.05. The predicted molar refractivity (Wildman–Crippen MR) is 84.9 cm³/mol. The van der Waals surface area contributed by atoms with Gasteiger partial charge in [0.25, 0.3) is 11.6 Å². The van der Waals surface area contributed by atoms with Gasteiger partial charge in [-0.25, -0.2) is 0 Å². The molecule has 0 radical (unpaired) electrons. The van der Waals surface area contributed by atoms with E-state index in [1.807, 2.05) is 18.2 Å². The largest absolute Gasteiger partial charge is 0.322 e. The number of anilines is 1. The number of carbonyl (C=O) groups excluding carboxylic acids is 1. The maximum atomic E-state index is 12.2. The molecule has 6 heteroatoms. The van der Waals surface area contributed by atoms with Gasteiger partial charge in [0.05, 0.1) is 4.92 Å². The lowest BCUT2D eigenvalue weighted by Gasteiger charge is -2.08. The number of nitrogens with zero attached hydrogens (tertiary/aromatic N) is 1. The van der Waals surface area contributed by atoms with Gasteiger partial charge in [-0.1, -0.05) is 28.1 Å². The van der Waals surface area contributed by atoms with Crippen LogP contribution in [0.4, 0.5) is 11.4 Å². The molecule has 0 saturated carbocycles. The summed E-state index contributed by atoms with van der Waals surface area (Å²) < 4.78 is 0. The standard InChI is InChI=1S/C15H13BrN2O3/c1-10-7-13(18(20)21)5-6-14(10)15(19)17-12-4-2-3-11(8-12)9-16/h2-8H,9H2,1H3,(H,17,19). The summed E-state index contributed by atoms with van der Waals surface area (Å²) in [7, 11) is 0. The van der Waals surface area contributed by atoms with Crippen molar-refractivity contribution >= 4 is 33.2 Å². The van der Waals surface area contributed by atoms with Gasteiger partial charge in [0, 0.05) is 28.7 Å². The number of benzene rings is 2. The van der Waals surface area contributed by atoms with Crippen LogP contribution in [-0.2, 0) is 5.33 Å². The molecule has 21 heavy (non-hydrogen) atoms. The third-order valence-corrected chi connectivity index (χ3v) is 3.65. The van der Waals surface area contributed by atoms with Crippen LogP contribution in [0.5, 0.6) is 0 Å². The smallest absolute Gasteiger partial charge is 0.269 e. The van der Waals surface area contributed by atoms with Crippen LogP contribution in [0.25, 0.3) is 0 Å². The highest BCUT2D eigenvalue weighted by molar-refractivity contribution is 9.08. The zero-order valence-electron chi connectivity index (χ0n) is 11.3. The molecule has 0 unspecified atom stereocenters. The van der Waals surface area contributed by atoms with Crippen LogP contribution in [0.2, 0.25) is 0 Å². The highest BCUT2D eigenvalue weighted by atomic mass is 79.9. The summed E-state index contributed by atoms with van der Waals surface area (Å²) in [6.07, 6.45) is 0. The molecule has 0 heterocycles. The van der Waals surface area contributed by atoms with Gasteiger partial charge < -0.3 is 5.32 Å². The van der Waals surface area contributed by atoms with E-state index in [0.29, 0.717) is 22.1 Å². The zero-order chi connectivity index (χ0) is 15.4. The molecule has 0 aliphatic rings. The van der Waals surface area contributed by atoms with Crippen molar-refractivity contribution in [2.75, 3.05) is 5.32 Å². The number of hydrogen-bond donors (Lipinski definition) is 1. The number of non-ortho nitro benzene ring substituents is 1. The Hall–Kier alpha value is -2.21. The fourth-order valence-corrected chi connectivity index (χ4v) is 2.30. The van der Waals surface area contributed by atoms with Crippen LogP contribution in [0, 0.1) is 17.0 Å². The van der Waals surface area contributed by atoms with Crippen LogP contribution in [-0.4, -0.2) is 10.8 Å². The monoisotopic (exact) mass is 348 g/mol. The van der Waals surface area contributed by atoms with E-state index in [1.165, 1.54) is 18.2 Å². The molecule has 2 aromatic rings. The number of rotatable bonds is 4. The Labute approximate surface area is 130 Å². The quantitative estimate of drug-likeness (QED) is 0.514. The fourth-order valence-electron chi connectivity index (χ4n) is 1.95. The van der Waals surface area contributed by atoms with Gasteiger partial charge >= 0.3 is 0 Å². The summed E-state index contributed by atoms with van der Waals surface area (Å²) in [5.41, 5.74) is 2.71. The van der Waals surface area contributed by atoms with E-state index in [1.54, 1.807) is 13.0 Å². The lowest BCUT2D eigenvalue weighted by molar-refractivity contribution is -0.384. The first-order valence-electron chi connectivity index (χ1n) is 6.22. The normalized spacial score (nSPS) is 10.2. The average Bonchev–Trinajstić information content (AvgIpc) is 2.47.